The van der Waals surface area contributed by atoms with Crippen LogP contribution >= 0.6 is 0 Å². The summed E-state index contributed by atoms with van der Waals surface area (Å²) in [5.74, 6) is 0.483. The largest absolute Gasteiger partial charge is 0.481 e. The number of benzene rings is 3. The van der Waals surface area contributed by atoms with E-state index in [0.717, 1.165) is 27.5 Å². The first-order chi connectivity index (χ1) is 13.0. The molecule has 4 aromatic rings. The Hall–Kier alpha value is -3.27. The smallest absolute Gasteiger partial charge is 0.265 e. The van der Waals surface area contributed by atoms with Gasteiger partial charge in [-0.1, -0.05) is 24.3 Å². The summed E-state index contributed by atoms with van der Waals surface area (Å²) in [6, 6.07) is 19.4. The lowest BCUT2D eigenvalue weighted by Crippen LogP contribution is -2.30. The number of ether oxygens (including phenoxy) is 1. The minimum absolute atomic E-state index is 0.205. The van der Waals surface area contributed by atoms with Crippen LogP contribution in [-0.4, -0.2) is 12.0 Å². The van der Waals surface area contributed by atoms with Crippen molar-refractivity contribution in [3.05, 3.63) is 71.8 Å². The van der Waals surface area contributed by atoms with Crippen LogP contribution in [0.5, 0.6) is 5.75 Å². The van der Waals surface area contributed by atoms with Crippen LogP contribution in [0.1, 0.15) is 18.1 Å². The molecule has 1 amide bonds. The molecule has 27 heavy (non-hydrogen) atoms. The topological polar surface area (TPSA) is 51.5 Å². The van der Waals surface area contributed by atoms with Gasteiger partial charge in [0.2, 0.25) is 0 Å². The van der Waals surface area contributed by atoms with Crippen LogP contribution in [0.4, 0.5) is 5.69 Å². The van der Waals surface area contributed by atoms with E-state index in [1.54, 1.807) is 6.92 Å². The van der Waals surface area contributed by atoms with Crippen LogP contribution < -0.4 is 10.1 Å². The maximum Gasteiger partial charge on any atom is 0.265 e. The third-order valence-corrected chi connectivity index (χ3v) is 4.81. The van der Waals surface area contributed by atoms with Crippen LogP contribution in [0.3, 0.4) is 0 Å². The minimum Gasteiger partial charge on any atom is -0.481 e. The second kappa shape index (κ2) is 6.80. The molecule has 0 saturated heterocycles. The van der Waals surface area contributed by atoms with Crippen molar-refractivity contribution in [2.45, 2.75) is 26.9 Å². The van der Waals surface area contributed by atoms with Crippen molar-refractivity contribution < 1.29 is 13.9 Å². The van der Waals surface area contributed by atoms with Gasteiger partial charge in [-0.3, -0.25) is 4.79 Å². The molecule has 0 unspecified atom stereocenters. The Morgan fingerprint density at radius 2 is 1.70 bits per heavy atom. The molecule has 0 aliphatic carbocycles. The van der Waals surface area contributed by atoms with Gasteiger partial charge in [-0.2, -0.15) is 0 Å². The molecule has 1 aromatic heterocycles. The molecule has 0 radical (unpaired) electrons. The van der Waals surface area contributed by atoms with Crippen LogP contribution in [0, 0.1) is 13.8 Å². The predicted molar refractivity (Wildman–Crippen MR) is 108 cm³/mol. The zero-order chi connectivity index (χ0) is 19.0. The van der Waals surface area contributed by atoms with Gasteiger partial charge in [0.25, 0.3) is 5.91 Å². The number of hydrogen-bond donors (Lipinski definition) is 1. The molecular formula is C23H21NO3. The van der Waals surface area contributed by atoms with E-state index in [1.807, 2.05) is 74.5 Å². The van der Waals surface area contributed by atoms with Crippen LogP contribution in [0.25, 0.3) is 21.9 Å². The lowest BCUT2D eigenvalue weighted by Gasteiger charge is -2.15. The number of para-hydroxylation sites is 1. The molecule has 0 bridgehead atoms. The number of aryl methyl sites for hydroxylation is 2. The average Bonchev–Trinajstić information content (AvgIpc) is 3.02. The summed E-state index contributed by atoms with van der Waals surface area (Å²) >= 11 is 0. The quantitative estimate of drug-likeness (QED) is 0.515. The average molecular weight is 359 g/mol. The number of nitrogens with one attached hydrogen (secondary N) is 1. The van der Waals surface area contributed by atoms with Gasteiger partial charge in [0.15, 0.2) is 6.10 Å². The van der Waals surface area contributed by atoms with Crippen molar-refractivity contribution >= 4 is 33.5 Å². The van der Waals surface area contributed by atoms with Crippen molar-refractivity contribution in [3.63, 3.8) is 0 Å². The fraction of sp³-hybridized carbons (Fsp3) is 0.174. The molecule has 0 saturated carbocycles. The Morgan fingerprint density at radius 3 is 2.52 bits per heavy atom. The number of hydrogen-bond acceptors (Lipinski definition) is 3. The second-order valence-electron chi connectivity index (χ2n) is 6.80. The first-order valence-corrected chi connectivity index (χ1v) is 8.97. The molecule has 0 fully saturated rings. The van der Waals surface area contributed by atoms with Gasteiger partial charge in [0.1, 0.15) is 16.9 Å². The standard InChI is InChI=1S/C23H21NO3/c1-14-8-10-18(12-15(14)2)26-16(3)23(25)24-17-9-11-20-19-6-4-5-7-21(19)27-22(20)13-17/h4-13,16H,1-3H3,(H,24,25)/t16-/m0/s1. The van der Waals surface area contributed by atoms with E-state index in [0.29, 0.717) is 11.4 Å². The van der Waals surface area contributed by atoms with Gasteiger partial charge < -0.3 is 14.5 Å². The number of amides is 1. The summed E-state index contributed by atoms with van der Waals surface area (Å²) in [5.41, 5.74) is 4.59. The maximum absolute atomic E-state index is 12.5. The fourth-order valence-electron chi connectivity index (χ4n) is 3.09. The molecule has 1 atom stereocenters. The van der Waals surface area contributed by atoms with E-state index in [9.17, 15) is 4.79 Å². The highest BCUT2D eigenvalue weighted by Gasteiger charge is 2.16. The summed E-state index contributed by atoms with van der Waals surface area (Å²) in [7, 11) is 0. The Bertz CT molecular complexity index is 1140. The van der Waals surface area contributed by atoms with E-state index in [2.05, 4.69) is 5.32 Å². The van der Waals surface area contributed by atoms with E-state index >= 15 is 0 Å². The normalized spacial score (nSPS) is 12.3. The monoisotopic (exact) mass is 359 g/mol. The van der Waals surface area contributed by atoms with Crippen molar-refractivity contribution in [3.8, 4) is 5.75 Å². The molecule has 136 valence electrons. The zero-order valence-corrected chi connectivity index (χ0v) is 15.6. The van der Waals surface area contributed by atoms with Crippen molar-refractivity contribution in [2.75, 3.05) is 5.32 Å². The summed E-state index contributed by atoms with van der Waals surface area (Å²) in [4.78, 5) is 12.5. The maximum atomic E-state index is 12.5. The van der Waals surface area contributed by atoms with Gasteiger partial charge in [-0.05, 0) is 62.2 Å². The zero-order valence-electron chi connectivity index (χ0n) is 15.6. The van der Waals surface area contributed by atoms with Crippen LogP contribution in [0.15, 0.2) is 65.1 Å². The molecule has 0 aliphatic rings. The first kappa shape index (κ1) is 17.2. The van der Waals surface area contributed by atoms with Gasteiger partial charge in [0, 0.05) is 22.5 Å². The number of carbonyl (C=O) groups excluding carboxylic acids is 1. The third kappa shape index (κ3) is 3.38. The highest BCUT2D eigenvalue weighted by molar-refractivity contribution is 6.06. The molecule has 0 aliphatic heterocycles. The number of furan rings is 1. The Kier molecular flexibility index (Phi) is 4.32. The first-order valence-electron chi connectivity index (χ1n) is 8.97. The Balaban J connectivity index is 1.51. The summed E-state index contributed by atoms with van der Waals surface area (Å²) in [6.07, 6.45) is -0.613. The lowest BCUT2D eigenvalue weighted by molar-refractivity contribution is -0.122. The second-order valence-corrected chi connectivity index (χ2v) is 6.80. The summed E-state index contributed by atoms with van der Waals surface area (Å²) in [5, 5.41) is 5.00. The summed E-state index contributed by atoms with van der Waals surface area (Å²) in [6.45, 7) is 5.81. The van der Waals surface area contributed by atoms with Crippen molar-refractivity contribution in [2.24, 2.45) is 0 Å². The number of fused-ring (bicyclic) bond motifs is 3. The number of carbonyl (C=O) groups is 1. The molecule has 1 heterocycles. The van der Waals surface area contributed by atoms with Gasteiger partial charge in [-0.25, -0.2) is 0 Å². The highest BCUT2D eigenvalue weighted by atomic mass is 16.5. The number of rotatable bonds is 4. The van der Waals surface area contributed by atoms with E-state index in [-0.39, 0.29) is 5.91 Å². The summed E-state index contributed by atoms with van der Waals surface area (Å²) < 4.78 is 11.7. The molecule has 3 aromatic carbocycles. The SMILES string of the molecule is Cc1ccc(O[C@@H](C)C(=O)Nc2ccc3c(c2)oc2ccccc23)cc1C. The van der Waals surface area contributed by atoms with Crippen LogP contribution in [-0.2, 0) is 4.79 Å². The van der Waals surface area contributed by atoms with Crippen LogP contribution in [0.2, 0.25) is 0 Å². The van der Waals surface area contributed by atoms with Crippen molar-refractivity contribution in [1.82, 2.24) is 0 Å². The lowest BCUT2D eigenvalue weighted by atomic mass is 10.1. The number of anilines is 1. The van der Waals surface area contributed by atoms with E-state index in [4.69, 9.17) is 9.15 Å². The molecule has 4 heteroatoms. The molecule has 1 N–H and O–H groups in total. The molecule has 4 rings (SSSR count). The van der Waals surface area contributed by atoms with E-state index in [1.165, 1.54) is 5.56 Å². The predicted octanol–water partition coefficient (Wildman–Crippen LogP) is 5.61. The Labute approximate surface area is 157 Å². The molecular weight excluding hydrogens is 338 g/mol. The Morgan fingerprint density at radius 1 is 0.926 bits per heavy atom. The highest BCUT2D eigenvalue weighted by Crippen LogP contribution is 2.30. The molecule has 0 spiro atoms. The van der Waals surface area contributed by atoms with Crippen molar-refractivity contribution in [1.29, 1.82) is 0 Å². The van der Waals surface area contributed by atoms with Gasteiger partial charge in [0.05, 0.1) is 0 Å². The van der Waals surface area contributed by atoms with E-state index < -0.39 is 6.10 Å². The molecule has 4 nitrogen and oxygen atoms in total. The third-order valence-electron chi connectivity index (χ3n) is 4.81. The van der Waals surface area contributed by atoms with Gasteiger partial charge in [-0.15, -0.1) is 0 Å². The fourth-order valence-corrected chi connectivity index (χ4v) is 3.09. The minimum atomic E-state index is -0.613. The van der Waals surface area contributed by atoms with Gasteiger partial charge >= 0.3 is 0 Å².